The molecular weight excluding hydrogens is 400 g/mol. The summed E-state index contributed by atoms with van der Waals surface area (Å²) >= 11 is 2.82. The van der Waals surface area contributed by atoms with Crippen molar-refractivity contribution in [2.24, 2.45) is 12.0 Å². The summed E-state index contributed by atoms with van der Waals surface area (Å²) in [5.41, 5.74) is 2.94. The van der Waals surface area contributed by atoms with Gasteiger partial charge in [-0.15, -0.1) is 11.3 Å². The average molecular weight is 417 g/mol. The summed E-state index contributed by atoms with van der Waals surface area (Å²) in [4.78, 5) is 24.5. The fourth-order valence-corrected chi connectivity index (χ4v) is 4.87. The first-order chi connectivity index (χ1) is 14.2. The second-order valence-electron chi connectivity index (χ2n) is 6.51. The van der Waals surface area contributed by atoms with Crippen molar-refractivity contribution in [2.75, 3.05) is 4.90 Å². The summed E-state index contributed by atoms with van der Waals surface area (Å²) in [6.07, 6.45) is 5.72. The molecule has 1 amide bonds. The third-order valence-corrected chi connectivity index (χ3v) is 6.28. The highest BCUT2D eigenvalue weighted by Gasteiger charge is 2.35. The van der Waals surface area contributed by atoms with Crippen molar-refractivity contribution in [2.45, 2.75) is 0 Å². The number of thioether (sulfide) groups is 1. The van der Waals surface area contributed by atoms with Gasteiger partial charge in [-0.2, -0.15) is 4.99 Å². The Morgan fingerprint density at radius 2 is 1.86 bits per heavy atom. The molecule has 0 N–H and O–H groups in total. The lowest BCUT2D eigenvalue weighted by Gasteiger charge is -2.14. The quantitative estimate of drug-likeness (QED) is 0.418. The molecule has 2 aromatic heterocycles. The topological polar surface area (TPSA) is 50.5 Å². The van der Waals surface area contributed by atoms with Crippen LogP contribution >= 0.6 is 23.1 Å². The first kappa shape index (κ1) is 17.9. The van der Waals surface area contributed by atoms with Gasteiger partial charge >= 0.3 is 0 Å². The van der Waals surface area contributed by atoms with Crippen LogP contribution in [-0.4, -0.2) is 20.6 Å². The van der Waals surface area contributed by atoms with Crippen LogP contribution in [0, 0.1) is 0 Å². The van der Waals surface area contributed by atoms with Crippen LogP contribution in [0.15, 0.2) is 82.3 Å². The number of amides is 1. The number of hydrogen-bond donors (Lipinski definition) is 0. The molecule has 0 unspecified atom stereocenters. The molecule has 2 aromatic carbocycles. The second kappa shape index (κ2) is 7.35. The van der Waals surface area contributed by atoms with Crippen LogP contribution in [0.25, 0.3) is 17.0 Å². The van der Waals surface area contributed by atoms with E-state index in [4.69, 9.17) is 0 Å². The lowest BCUT2D eigenvalue weighted by atomic mass is 10.1. The number of fused-ring (bicyclic) bond motifs is 1. The third-order valence-electron chi connectivity index (χ3n) is 4.65. The number of nitrogens with zero attached hydrogens (tertiary/aromatic N) is 4. The molecule has 5 nitrogen and oxygen atoms in total. The number of carbonyl (C=O) groups excluding carboxylic acids is 1. The molecule has 3 heterocycles. The average Bonchev–Trinajstić information content (AvgIpc) is 3.44. The molecule has 142 valence electrons. The number of aromatic nitrogens is 2. The predicted molar refractivity (Wildman–Crippen MR) is 122 cm³/mol. The zero-order valence-electron chi connectivity index (χ0n) is 15.5. The molecule has 1 saturated heterocycles. The SMILES string of the molecule is Cn1cc(/C=C2\S/C(=N/c3nccs3)N(c3ccccc3)C2=O)c2ccccc21. The zero-order chi connectivity index (χ0) is 19.8. The number of rotatable bonds is 3. The fraction of sp³-hybridized carbons (Fsp3) is 0.0455. The highest BCUT2D eigenvalue weighted by molar-refractivity contribution is 8.19. The van der Waals surface area contributed by atoms with Gasteiger partial charge in [0.05, 0.1) is 10.6 Å². The Labute approximate surface area is 176 Å². The van der Waals surface area contributed by atoms with E-state index in [1.54, 1.807) is 11.1 Å². The zero-order valence-corrected chi connectivity index (χ0v) is 17.2. The molecule has 1 aliphatic rings. The van der Waals surface area contributed by atoms with Gasteiger partial charge in [0.15, 0.2) is 5.17 Å². The lowest BCUT2D eigenvalue weighted by molar-refractivity contribution is -0.113. The lowest BCUT2D eigenvalue weighted by Crippen LogP contribution is -2.28. The first-order valence-corrected chi connectivity index (χ1v) is 10.7. The molecule has 0 aliphatic carbocycles. The van der Waals surface area contributed by atoms with Crippen molar-refractivity contribution in [1.82, 2.24) is 9.55 Å². The Kier molecular flexibility index (Phi) is 4.54. The van der Waals surface area contributed by atoms with Gasteiger partial charge in [0.25, 0.3) is 5.91 Å². The van der Waals surface area contributed by atoms with Gasteiger partial charge in [-0.1, -0.05) is 36.4 Å². The molecule has 7 heteroatoms. The Balaban J connectivity index is 1.61. The van der Waals surface area contributed by atoms with E-state index in [1.165, 1.54) is 23.1 Å². The number of aryl methyl sites for hydroxylation is 1. The summed E-state index contributed by atoms with van der Waals surface area (Å²) in [6.45, 7) is 0. The van der Waals surface area contributed by atoms with Crippen molar-refractivity contribution < 1.29 is 4.79 Å². The van der Waals surface area contributed by atoms with Gasteiger partial charge < -0.3 is 4.57 Å². The van der Waals surface area contributed by atoms with E-state index in [0.29, 0.717) is 15.2 Å². The Hall–Kier alpha value is -3.16. The second-order valence-corrected chi connectivity index (χ2v) is 8.39. The number of anilines is 1. The predicted octanol–water partition coefficient (Wildman–Crippen LogP) is 5.44. The van der Waals surface area contributed by atoms with Gasteiger partial charge in [-0.25, -0.2) is 4.98 Å². The van der Waals surface area contributed by atoms with Crippen molar-refractivity contribution in [1.29, 1.82) is 0 Å². The fourth-order valence-electron chi connectivity index (χ4n) is 3.34. The number of carbonyl (C=O) groups is 1. The van der Waals surface area contributed by atoms with E-state index in [9.17, 15) is 4.79 Å². The van der Waals surface area contributed by atoms with Gasteiger partial charge in [-0.05, 0) is 36.0 Å². The number of hydrogen-bond acceptors (Lipinski definition) is 5. The van der Waals surface area contributed by atoms with Crippen molar-refractivity contribution in [3.8, 4) is 0 Å². The van der Waals surface area contributed by atoms with E-state index in [2.05, 4.69) is 26.7 Å². The summed E-state index contributed by atoms with van der Waals surface area (Å²) < 4.78 is 2.07. The maximum atomic E-state index is 13.3. The van der Waals surface area contributed by atoms with Crippen LogP contribution in [0.3, 0.4) is 0 Å². The van der Waals surface area contributed by atoms with E-state index in [-0.39, 0.29) is 5.91 Å². The molecule has 4 aromatic rings. The molecule has 0 atom stereocenters. The molecular formula is C22H16N4OS2. The van der Waals surface area contributed by atoms with Crippen molar-refractivity contribution in [3.63, 3.8) is 0 Å². The Morgan fingerprint density at radius 1 is 1.07 bits per heavy atom. The van der Waals surface area contributed by atoms with Crippen LogP contribution < -0.4 is 4.90 Å². The Bertz CT molecular complexity index is 1260. The van der Waals surface area contributed by atoms with Gasteiger partial charge in [0.2, 0.25) is 5.13 Å². The minimum atomic E-state index is -0.0792. The summed E-state index contributed by atoms with van der Waals surface area (Å²) in [7, 11) is 2.01. The van der Waals surface area contributed by atoms with Gasteiger partial charge in [-0.3, -0.25) is 9.69 Å². The van der Waals surface area contributed by atoms with Crippen LogP contribution in [-0.2, 0) is 11.8 Å². The van der Waals surface area contributed by atoms with Gasteiger partial charge in [0.1, 0.15) is 0 Å². The minimum absolute atomic E-state index is 0.0792. The maximum absolute atomic E-state index is 13.3. The maximum Gasteiger partial charge on any atom is 0.271 e. The normalized spacial score (nSPS) is 17.1. The first-order valence-electron chi connectivity index (χ1n) is 9.02. The highest BCUT2D eigenvalue weighted by Crippen LogP contribution is 2.38. The standard InChI is InChI=1S/C22H16N4OS2/c1-25-14-15(17-9-5-6-10-18(17)25)13-19-20(27)26(16-7-3-2-4-8-16)22(29-19)24-21-23-11-12-28-21/h2-14H,1H3/b19-13-,24-22+. The van der Waals surface area contributed by atoms with Crippen LogP contribution in [0.1, 0.15) is 5.56 Å². The molecule has 5 rings (SSSR count). The van der Waals surface area contributed by atoms with Crippen LogP contribution in [0.5, 0.6) is 0 Å². The largest absolute Gasteiger partial charge is 0.350 e. The molecule has 1 fully saturated rings. The summed E-state index contributed by atoms with van der Waals surface area (Å²) in [5, 5.41) is 4.24. The van der Waals surface area contributed by atoms with E-state index < -0.39 is 0 Å². The number of para-hydroxylation sites is 2. The molecule has 1 aliphatic heterocycles. The highest BCUT2D eigenvalue weighted by atomic mass is 32.2. The van der Waals surface area contributed by atoms with E-state index in [0.717, 1.165) is 22.2 Å². The van der Waals surface area contributed by atoms with Crippen molar-refractivity contribution >= 4 is 62.0 Å². The molecule has 0 radical (unpaired) electrons. The number of aliphatic imine (C=N–C) groups is 1. The molecule has 0 saturated carbocycles. The van der Waals surface area contributed by atoms with Gasteiger partial charge in [0, 0.05) is 41.3 Å². The number of benzene rings is 2. The monoisotopic (exact) mass is 416 g/mol. The van der Waals surface area contributed by atoms with Crippen LogP contribution in [0.4, 0.5) is 10.8 Å². The minimum Gasteiger partial charge on any atom is -0.350 e. The molecule has 0 bridgehead atoms. The van der Waals surface area contributed by atoms with Crippen molar-refractivity contribution in [3.05, 3.63) is 82.8 Å². The van der Waals surface area contributed by atoms with E-state index in [1.807, 2.05) is 67.2 Å². The number of thiazole rings is 1. The smallest absolute Gasteiger partial charge is 0.271 e. The third kappa shape index (κ3) is 3.28. The molecule has 29 heavy (non-hydrogen) atoms. The van der Waals surface area contributed by atoms with E-state index >= 15 is 0 Å². The summed E-state index contributed by atoms with van der Waals surface area (Å²) in [5.74, 6) is -0.0792. The summed E-state index contributed by atoms with van der Waals surface area (Å²) in [6, 6.07) is 17.8. The molecule has 0 spiro atoms. The number of amidine groups is 1. The Morgan fingerprint density at radius 3 is 2.66 bits per heavy atom. The van der Waals surface area contributed by atoms with Crippen LogP contribution in [0.2, 0.25) is 0 Å².